The van der Waals surface area contributed by atoms with E-state index in [4.69, 9.17) is 17.3 Å². The van der Waals surface area contributed by atoms with Gasteiger partial charge in [-0.15, -0.1) is 0 Å². The molecule has 7 heteroatoms. The van der Waals surface area contributed by atoms with Crippen LogP contribution in [-0.2, 0) is 0 Å². The van der Waals surface area contributed by atoms with E-state index in [2.05, 4.69) is 15.3 Å². The molecule has 22 heavy (non-hydrogen) atoms. The molecule has 2 aromatic carbocycles. The van der Waals surface area contributed by atoms with Crippen LogP contribution in [0.25, 0.3) is 11.0 Å². The lowest BCUT2D eigenvalue weighted by Gasteiger charge is -2.24. The number of rotatable bonds is 1. The minimum Gasteiger partial charge on any atom is -0.370 e. The summed E-state index contributed by atoms with van der Waals surface area (Å²) in [5.41, 5.74) is 7.78. The highest BCUT2D eigenvalue weighted by Crippen LogP contribution is 2.34. The smallest absolute Gasteiger partial charge is 0.212 e. The van der Waals surface area contributed by atoms with Gasteiger partial charge in [0.25, 0.3) is 0 Å². The maximum Gasteiger partial charge on any atom is 0.212 e. The van der Waals surface area contributed by atoms with Gasteiger partial charge >= 0.3 is 0 Å². The van der Waals surface area contributed by atoms with Crippen LogP contribution >= 0.6 is 11.6 Å². The Morgan fingerprint density at radius 3 is 2.91 bits per heavy atom. The molecule has 5 nitrogen and oxygen atoms in total. The van der Waals surface area contributed by atoms with Gasteiger partial charge in [0.1, 0.15) is 5.82 Å². The van der Waals surface area contributed by atoms with Gasteiger partial charge in [-0.2, -0.15) is 0 Å². The largest absolute Gasteiger partial charge is 0.370 e. The Hall–Kier alpha value is -2.60. The number of guanidine groups is 1. The van der Waals surface area contributed by atoms with Crippen molar-refractivity contribution in [3.05, 3.63) is 58.9 Å². The SMILES string of the molecule is NC1=NC(c2cc(Cl)ccc2F)n2c(nc3ccccc32)N1. The van der Waals surface area contributed by atoms with Gasteiger partial charge in [-0.05, 0) is 30.3 Å². The highest BCUT2D eigenvalue weighted by atomic mass is 35.5. The molecule has 1 unspecified atom stereocenters. The summed E-state index contributed by atoms with van der Waals surface area (Å²) in [6.45, 7) is 0. The molecule has 0 saturated carbocycles. The van der Waals surface area contributed by atoms with E-state index in [-0.39, 0.29) is 5.96 Å². The molecular formula is C15H11ClFN5. The highest BCUT2D eigenvalue weighted by molar-refractivity contribution is 6.30. The first kappa shape index (κ1) is 13.1. The Labute approximate surface area is 130 Å². The second kappa shape index (κ2) is 4.71. The first-order valence-electron chi connectivity index (χ1n) is 6.66. The molecule has 4 rings (SSSR count). The molecule has 3 N–H and O–H groups in total. The molecule has 1 aliphatic rings. The number of anilines is 1. The average Bonchev–Trinajstić information content (AvgIpc) is 2.87. The first-order chi connectivity index (χ1) is 10.6. The molecule has 0 spiro atoms. The Balaban J connectivity index is 2.00. The fraction of sp³-hybridized carbons (Fsp3) is 0.0667. The van der Waals surface area contributed by atoms with E-state index in [1.807, 2.05) is 24.3 Å². The molecule has 110 valence electrons. The summed E-state index contributed by atoms with van der Waals surface area (Å²) in [6.07, 6.45) is -0.651. The van der Waals surface area contributed by atoms with Crippen molar-refractivity contribution in [2.24, 2.45) is 10.7 Å². The zero-order valence-corrected chi connectivity index (χ0v) is 12.0. The number of fused-ring (bicyclic) bond motifs is 3. The van der Waals surface area contributed by atoms with Gasteiger partial charge in [0.2, 0.25) is 5.95 Å². The van der Waals surface area contributed by atoms with Crippen molar-refractivity contribution in [2.75, 3.05) is 5.32 Å². The van der Waals surface area contributed by atoms with Gasteiger partial charge < -0.3 is 5.73 Å². The minimum atomic E-state index is -0.651. The summed E-state index contributed by atoms with van der Waals surface area (Å²) >= 11 is 6.00. The molecule has 0 aliphatic carbocycles. The van der Waals surface area contributed by atoms with Crippen LogP contribution in [0.15, 0.2) is 47.5 Å². The van der Waals surface area contributed by atoms with Crippen LogP contribution in [-0.4, -0.2) is 15.5 Å². The van der Waals surface area contributed by atoms with Gasteiger partial charge in [-0.3, -0.25) is 9.88 Å². The number of imidazole rings is 1. The van der Waals surface area contributed by atoms with E-state index >= 15 is 0 Å². The van der Waals surface area contributed by atoms with Crippen LogP contribution in [0.5, 0.6) is 0 Å². The lowest BCUT2D eigenvalue weighted by Crippen LogP contribution is -2.31. The van der Waals surface area contributed by atoms with Crippen molar-refractivity contribution < 1.29 is 4.39 Å². The van der Waals surface area contributed by atoms with Crippen molar-refractivity contribution >= 4 is 34.5 Å². The summed E-state index contributed by atoms with van der Waals surface area (Å²) in [5.74, 6) is 0.321. The predicted octanol–water partition coefficient (Wildman–Crippen LogP) is 3.12. The molecule has 0 fully saturated rings. The number of nitrogens with zero attached hydrogens (tertiary/aromatic N) is 3. The van der Waals surface area contributed by atoms with Crippen LogP contribution in [0, 0.1) is 5.82 Å². The van der Waals surface area contributed by atoms with Gasteiger partial charge in [0.05, 0.1) is 11.0 Å². The van der Waals surface area contributed by atoms with Gasteiger partial charge in [0.15, 0.2) is 12.1 Å². The first-order valence-corrected chi connectivity index (χ1v) is 7.03. The molecule has 3 aromatic rings. The second-order valence-corrected chi connectivity index (χ2v) is 5.41. The summed E-state index contributed by atoms with van der Waals surface area (Å²) in [4.78, 5) is 8.79. The Kier molecular flexibility index (Phi) is 2.80. The van der Waals surface area contributed by atoms with E-state index in [9.17, 15) is 4.39 Å². The van der Waals surface area contributed by atoms with E-state index in [0.717, 1.165) is 11.0 Å². The standard InChI is InChI=1S/C15H11ClFN5/c16-8-5-6-10(17)9(7-8)13-20-14(18)21-15-19-11-3-1-2-4-12(11)22(13)15/h1-7,13H,(H3,18,19,20,21). The van der Waals surface area contributed by atoms with Crippen LogP contribution in [0.1, 0.15) is 11.7 Å². The van der Waals surface area contributed by atoms with E-state index < -0.39 is 12.0 Å². The second-order valence-electron chi connectivity index (χ2n) is 4.97. The maximum atomic E-state index is 14.3. The quantitative estimate of drug-likeness (QED) is 0.725. The third-order valence-corrected chi connectivity index (χ3v) is 3.81. The Bertz CT molecular complexity index is 917. The third kappa shape index (κ3) is 1.92. The number of aliphatic imine (C=N–C) groups is 1. The van der Waals surface area contributed by atoms with Gasteiger partial charge in [-0.25, -0.2) is 14.4 Å². The Morgan fingerprint density at radius 2 is 2.05 bits per heavy atom. The van der Waals surface area contributed by atoms with Crippen LogP contribution in [0.2, 0.25) is 5.02 Å². The van der Waals surface area contributed by atoms with Crippen molar-refractivity contribution in [1.29, 1.82) is 0 Å². The number of halogens is 2. The molecule has 0 amide bonds. The molecule has 0 saturated heterocycles. The number of aromatic nitrogens is 2. The lowest BCUT2D eigenvalue weighted by atomic mass is 10.1. The van der Waals surface area contributed by atoms with Crippen molar-refractivity contribution in [2.45, 2.75) is 6.17 Å². The molecular weight excluding hydrogens is 305 g/mol. The minimum absolute atomic E-state index is 0.187. The Morgan fingerprint density at radius 1 is 1.23 bits per heavy atom. The molecule has 1 aliphatic heterocycles. The fourth-order valence-electron chi connectivity index (χ4n) is 2.64. The summed E-state index contributed by atoms with van der Waals surface area (Å²) in [7, 11) is 0. The average molecular weight is 316 g/mol. The number of hydrogen-bond acceptors (Lipinski definition) is 4. The summed E-state index contributed by atoms with van der Waals surface area (Å²) in [5, 5.41) is 3.35. The maximum absolute atomic E-state index is 14.3. The lowest BCUT2D eigenvalue weighted by molar-refractivity contribution is 0.551. The number of hydrogen-bond donors (Lipinski definition) is 2. The number of nitrogens with one attached hydrogen (secondary N) is 1. The topological polar surface area (TPSA) is 68.2 Å². The van der Waals surface area contributed by atoms with E-state index in [1.165, 1.54) is 12.1 Å². The third-order valence-electron chi connectivity index (χ3n) is 3.58. The molecule has 0 bridgehead atoms. The van der Waals surface area contributed by atoms with E-state index in [0.29, 0.717) is 16.5 Å². The number of para-hydroxylation sites is 2. The van der Waals surface area contributed by atoms with E-state index in [1.54, 1.807) is 10.6 Å². The van der Waals surface area contributed by atoms with Crippen molar-refractivity contribution in [3.8, 4) is 0 Å². The number of benzene rings is 2. The van der Waals surface area contributed by atoms with Gasteiger partial charge in [-0.1, -0.05) is 23.7 Å². The zero-order chi connectivity index (χ0) is 15.3. The summed E-state index contributed by atoms with van der Waals surface area (Å²) < 4.78 is 16.1. The summed E-state index contributed by atoms with van der Waals surface area (Å²) in [6, 6.07) is 11.9. The molecule has 1 atom stereocenters. The van der Waals surface area contributed by atoms with Crippen LogP contribution in [0.3, 0.4) is 0 Å². The fourth-order valence-corrected chi connectivity index (χ4v) is 2.82. The number of nitrogens with two attached hydrogens (primary N) is 1. The highest BCUT2D eigenvalue weighted by Gasteiger charge is 2.27. The van der Waals surface area contributed by atoms with Crippen LogP contribution < -0.4 is 11.1 Å². The predicted molar refractivity (Wildman–Crippen MR) is 84.5 cm³/mol. The zero-order valence-electron chi connectivity index (χ0n) is 11.3. The monoisotopic (exact) mass is 315 g/mol. The van der Waals surface area contributed by atoms with Gasteiger partial charge in [0, 0.05) is 10.6 Å². The van der Waals surface area contributed by atoms with Crippen molar-refractivity contribution in [3.63, 3.8) is 0 Å². The van der Waals surface area contributed by atoms with Crippen LogP contribution in [0.4, 0.5) is 10.3 Å². The van der Waals surface area contributed by atoms with Crippen molar-refractivity contribution in [1.82, 2.24) is 9.55 Å². The molecule has 0 radical (unpaired) electrons. The normalized spacial score (nSPS) is 17.0. The molecule has 1 aromatic heterocycles. The molecule has 2 heterocycles.